The van der Waals surface area contributed by atoms with Crippen molar-refractivity contribution in [3.8, 4) is 17.5 Å². The molecule has 0 unspecified atom stereocenters. The molecule has 0 spiro atoms. The van der Waals surface area contributed by atoms with Crippen LogP contribution >= 0.6 is 0 Å². The monoisotopic (exact) mass is 509 g/mol. The van der Waals surface area contributed by atoms with Gasteiger partial charge in [0.05, 0.1) is 0 Å². The Balaban J connectivity index is 1.74. The fourth-order valence-corrected chi connectivity index (χ4v) is 4.34. The lowest BCUT2D eigenvalue weighted by atomic mass is 10.1. The van der Waals surface area contributed by atoms with E-state index in [0.29, 0.717) is 16.9 Å². The summed E-state index contributed by atoms with van der Waals surface area (Å²) < 4.78 is 38.3. The number of hydrogen-bond donors (Lipinski definition) is 0. The van der Waals surface area contributed by atoms with Crippen molar-refractivity contribution in [2.75, 3.05) is 6.61 Å². The van der Waals surface area contributed by atoms with Gasteiger partial charge < -0.3 is 18.6 Å². The van der Waals surface area contributed by atoms with Crippen LogP contribution in [0.3, 0.4) is 0 Å². The van der Waals surface area contributed by atoms with Crippen molar-refractivity contribution in [2.24, 2.45) is 0 Å². The largest absolute Gasteiger partial charge is 0.453 e. The number of hydrogen-bond acceptors (Lipinski definition) is 5. The zero-order valence-corrected chi connectivity index (χ0v) is 21.5. The van der Waals surface area contributed by atoms with Gasteiger partial charge in [-0.15, -0.1) is 0 Å². The van der Waals surface area contributed by atoms with Gasteiger partial charge in [-0.2, -0.15) is 14.0 Å². The second kappa shape index (κ2) is 11.7. The Bertz CT molecular complexity index is 1380. The summed E-state index contributed by atoms with van der Waals surface area (Å²) in [4.78, 5) is 25.5. The Morgan fingerprint density at radius 2 is 1.73 bits per heavy atom. The standard InChI is InChI=1S/C28H29F2N3O4/c1-6-11-32-17(2)12-21(19(32)4)14-22(15-31)27(35)36-16-26(34)25-13-18(3)33(20(25)5)23-7-9-24(10-8-23)37-28(29)30/h7-10,12-14,28H,6,11,16H2,1-5H3. The topological polar surface area (TPSA) is 86.3 Å². The summed E-state index contributed by atoms with van der Waals surface area (Å²) in [5.41, 5.74) is 4.86. The molecule has 0 saturated carbocycles. The van der Waals surface area contributed by atoms with Crippen LogP contribution in [0.15, 0.2) is 42.0 Å². The van der Waals surface area contributed by atoms with Crippen LogP contribution in [0, 0.1) is 39.0 Å². The van der Waals surface area contributed by atoms with Crippen LogP contribution < -0.4 is 4.74 Å². The van der Waals surface area contributed by atoms with Crippen molar-refractivity contribution < 1.29 is 27.8 Å². The first-order valence-electron chi connectivity index (χ1n) is 11.8. The molecule has 0 aliphatic heterocycles. The molecule has 194 valence electrons. The maximum Gasteiger partial charge on any atom is 0.387 e. The molecule has 0 saturated heterocycles. The molecule has 0 aliphatic carbocycles. The van der Waals surface area contributed by atoms with Gasteiger partial charge in [-0.05, 0) is 82.2 Å². The molecule has 0 aliphatic rings. The maximum absolute atomic E-state index is 12.9. The number of carbonyl (C=O) groups excluding carboxylic acids is 2. The van der Waals surface area contributed by atoms with Gasteiger partial charge in [0.25, 0.3) is 0 Å². The van der Waals surface area contributed by atoms with E-state index in [9.17, 15) is 23.6 Å². The number of ether oxygens (including phenoxy) is 2. The second-order valence-corrected chi connectivity index (χ2v) is 8.64. The van der Waals surface area contributed by atoms with Crippen LogP contribution in [-0.4, -0.2) is 34.1 Å². The van der Waals surface area contributed by atoms with Crippen molar-refractivity contribution in [1.82, 2.24) is 9.13 Å². The zero-order chi connectivity index (χ0) is 27.3. The number of rotatable bonds is 10. The van der Waals surface area contributed by atoms with Gasteiger partial charge in [-0.25, -0.2) is 4.79 Å². The molecule has 37 heavy (non-hydrogen) atoms. The highest BCUT2D eigenvalue weighted by atomic mass is 19.3. The molecule has 7 nitrogen and oxygen atoms in total. The number of esters is 1. The van der Waals surface area contributed by atoms with Gasteiger partial charge in [0.2, 0.25) is 5.78 Å². The zero-order valence-electron chi connectivity index (χ0n) is 21.5. The molecule has 0 radical (unpaired) electrons. The van der Waals surface area contributed by atoms with Crippen LogP contribution in [-0.2, 0) is 16.1 Å². The summed E-state index contributed by atoms with van der Waals surface area (Å²) in [5.74, 6) is -1.28. The Morgan fingerprint density at radius 1 is 1.05 bits per heavy atom. The fourth-order valence-electron chi connectivity index (χ4n) is 4.34. The molecule has 3 aromatic rings. The maximum atomic E-state index is 12.9. The first-order valence-corrected chi connectivity index (χ1v) is 11.8. The minimum atomic E-state index is -2.92. The number of nitriles is 1. The minimum Gasteiger partial charge on any atom is -0.453 e. The van der Waals surface area contributed by atoms with Crippen molar-refractivity contribution in [3.05, 3.63) is 75.9 Å². The van der Waals surface area contributed by atoms with Crippen molar-refractivity contribution >= 4 is 17.8 Å². The lowest BCUT2D eigenvalue weighted by Crippen LogP contribution is -2.16. The number of nitrogens with zero attached hydrogens (tertiary/aromatic N) is 3. The normalized spacial score (nSPS) is 11.5. The third kappa shape index (κ3) is 6.15. The van der Waals surface area contributed by atoms with E-state index in [4.69, 9.17) is 4.74 Å². The van der Waals surface area contributed by atoms with E-state index < -0.39 is 25.0 Å². The average Bonchev–Trinajstić information content (AvgIpc) is 3.30. The molecule has 3 rings (SSSR count). The van der Waals surface area contributed by atoms with Crippen LogP contribution in [0.4, 0.5) is 8.78 Å². The minimum absolute atomic E-state index is 0.0260. The average molecular weight is 510 g/mol. The predicted molar refractivity (Wildman–Crippen MR) is 135 cm³/mol. The third-order valence-corrected chi connectivity index (χ3v) is 6.09. The van der Waals surface area contributed by atoms with Gasteiger partial charge in [0, 0.05) is 40.6 Å². The highest BCUT2D eigenvalue weighted by molar-refractivity contribution is 6.02. The molecule has 1 aromatic carbocycles. The molecular weight excluding hydrogens is 480 g/mol. The lowest BCUT2D eigenvalue weighted by Gasteiger charge is -2.11. The second-order valence-electron chi connectivity index (χ2n) is 8.64. The Kier molecular flexibility index (Phi) is 8.66. The smallest absolute Gasteiger partial charge is 0.387 e. The Hall–Kier alpha value is -4.19. The summed E-state index contributed by atoms with van der Waals surface area (Å²) in [7, 11) is 0. The first kappa shape index (κ1) is 27.4. The van der Waals surface area contributed by atoms with E-state index in [0.717, 1.165) is 35.6 Å². The van der Waals surface area contributed by atoms with Gasteiger partial charge in [-0.1, -0.05) is 6.92 Å². The van der Waals surface area contributed by atoms with Gasteiger partial charge in [0.15, 0.2) is 6.61 Å². The molecule has 0 fully saturated rings. The number of benzene rings is 1. The Morgan fingerprint density at radius 3 is 2.32 bits per heavy atom. The van der Waals surface area contributed by atoms with Gasteiger partial charge in [0.1, 0.15) is 17.4 Å². The van der Waals surface area contributed by atoms with E-state index in [-0.39, 0.29) is 11.3 Å². The quantitative estimate of drug-likeness (QED) is 0.148. The molecule has 9 heteroatoms. The molecule has 2 heterocycles. The fraction of sp³-hybridized carbons (Fsp3) is 0.321. The Labute approximate surface area is 214 Å². The molecule has 0 bridgehead atoms. The van der Waals surface area contributed by atoms with E-state index in [1.165, 1.54) is 18.2 Å². The van der Waals surface area contributed by atoms with Crippen LogP contribution in [0.5, 0.6) is 5.75 Å². The van der Waals surface area contributed by atoms with Crippen molar-refractivity contribution in [3.63, 3.8) is 0 Å². The molecular formula is C28H29F2N3O4. The van der Waals surface area contributed by atoms with E-state index in [1.807, 2.05) is 26.0 Å². The highest BCUT2D eigenvalue weighted by Crippen LogP contribution is 2.24. The van der Waals surface area contributed by atoms with E-state index in [1.54, 1.807) is 36.6 Å². The number of Topliss-reactive ketones (excluding diaryl/α,β-unsaturated/α-hetero) is 1. The van der Waals surface area contributed by atoms with E-state index in [2.05, 4.69) is 16.2 Å². The highest BCUT2D eigenvalue weighted by Gasteiger charge is 2.20. The summed E-state index contributed by atoms with van der Waals surface area (Å²) in [6.45, 7) is 6.88. The molecule has 0 amide bonds. The number of carbonyl (C=O) groups is 2. The van der Waals surface area contributed by atoms with Gasteiger partial charge in [-0.3, -0.25) is 4.79 Å². The predicted octanol–water partition coefficient (Wildman–Crippen LogP) is 5.86. The molecule has 0 N–H and O–H groups in total. The van der Waals surface area contributed by atoms with Gasteiger partial charge >= 0.3 is 12.6 Å². The number of halogens is 2. The molecule has 2 aromatic heterocycles. The lowest BCUT2D eigenvalue weighted by molar-refractivity contribution is -0.137. The van der Waals surface area contributed by atoms with Crippen molar-refractivity contribution in [1.29, 1.82) is 5.26 Å². The van der Waals surface area contributed by atoms with Crippen LogP contribution in [0.2, 0.25) is 0 Å². The summed E-state index contributed by atoms with van der Waals surface area (Å²) in [5, 5.41) is 9.52. The number of ketones is 1. The van der Waals surface area contributed by atoms with Crippen LogP contribution in [0.1, 0.15) is 52.0 Å². The summed E-state index contributed by atoms with van der Waals surface area (Å²) in [6, 6.07) is 11.5. The van der Waals surface area contributed by atoms with Crippen LogP contribution in [0.25, 0.3) is 11.8 Å². The number of aryl methyl sites for hydroxylation is 2. The summed E-state index contributed by atoms with van der Waals surface area (Å²) >= 11 is 0. The molecule has 0 atom stereocenters. The van der Waals surface area contributed by atoms with E-state index >= 15 is 0 Å². The third-order valence-electron chi connectivity index (χ3n) is 6.09. The number of alkyl halides is 2. The SMILES string of the molecule is CCCn1c(C)cc(C=C(C#N)C(=O)OCC(=O)c2cc(C)n(-c3ccc(OC(F)F)cc3)c2C)c1C. The van der Waals surface area contributed by atoms with Crippen molar-refractivity contribution in [2.45, 2.75) is 54.2 Å². The number of aromatic nitrogens is 2. The first-order chi connectivity index (χ1) is 17.6. The summed E-state index contributed by atoms with van der Waals surface area (Å²) in [6.07, 6.45) is 2.43.